The zero-order valence-electron chi connectivity index (χ0n) is 9.27. The lowest BCUT2D eigenvalue weighted by Crippen LogP contribution is -1.97. The summed E-state index contributed by atoms with van der Waals surface area (Å²) in [5.74, 6) is 1.35. The number of hydrogen-bond acceptors (Lipinski definition) is 4. The van der Waals surface area contributed by atoms with Gasteiger partial charge in [-0.25, -0.2) is 0 Å². The number of halogens is 1. The minimum Gasteiger partial charge on any atom is -0.493 e. The van der Waals surface area contributed by atoms with E-state index in [2.05, 4.69) is 15.9 Å². The van der Waals surface area contributed by atoms with E-state index in [1.54, 1.807) is 30.6 Å². The Morgan fingerprint density at radius 1 is 1.29 bits per heavy atom. The Kier molecular flexibility index (Phi) is 3.91. The third-order valence-corrected chi connectivity index (χ3v) is 3.85. The first-order valence-corrected chi connectivity index (χ1v) is 6.65. The van der Waals surface area contributed by atoms with Gasteiger partial charge in [0.05, 0.1) is 7.11 Å². The fraction of sp³-hybridized carbons (Fsp3) is 0.167. The van der Waals surface area contributed by atoms with Gasteiger partial charge < -0.3 is 15.2 Å². The second-order valence-corrected chi connectivity index (χ2v) is 5.34. The molecule has 3 nitrogen and oxygen atoms in total. The molecular weight excluding hydrogens is 302 g/mol. The van der Waals surface area contributed by atoms with Gasteiger partial charge in [-0.05, 0) is 34.1 Å². The van der Waals surface area contributed by atoms with Crippen LogP contribution in [-0.2, 0) is 6.61 Å². The number of nitrogens with two attached hydrogens (primary N) is 1. The zero-order valence-corrected chi connectivity index (χ0v) is 11.7. The fourth-order valence-corrected chi connectivity index (χ4v) is 2.74. The van der Waals surface area contributed by atoms with Crippen molar-refractivity contribution in [2.45, 2.75) is 6.61 Å². The summed E-state index contributed by atoms with van der Waals surface area (Å²) in [6, 6.07) is 7.40. The average molecular weight is 314 g/mol. The van der Waals surface area contributed by atoms with Gasteiger partial charge in [-0.15, -0.1) is 11.3 Å². The van der Waals surface area contributed by atoms with E-state index in [-0.39, 0.29) is 0 Å². The molecule has 0 aliphatic carbocycles. The van der Waals surface area contributed by atoms with Crippen molar-refractivity contribution < 1.29 is 9.47 Å². The monoisotopic (exact) mass is 313 g/mol. The van der Waals surface area contributed by atoms with Crippen LogP contribution in [-0.4, -0.2) is 7.11 Å². The lowest BCUT2D eigenvalue weighted by atomic mass is 10.3. The van der Waals surface area contributed by atoms with Crippen molar-refractivity contribution in [1.82, 2.24) is 0 Å². The Bertz CT molecular complexity index is 513. The van der Waals surface area contributed by atoms with Crippen molar-refractivity contribution in [2.24, 2.45) is 0 Å². The number of thiophene rings is 1. The molecule has 1 aromatic heterocycles. The number of hydrogen-bond donors (Lipinski definition) is 1. The average Bonchev–Trinajstić information content (AvgIpc) is 2.73. The highest BCUT2D eigenvalue weighted by Gasteiger charge is 2.05. The molecule has 2 N–H and O–H groups in total. The highest BCUT2D eigenvalue weighted by molar-refractivity contribution is 9.10. The van der Waals surface area contributed by atoms with Crippen LogP contribution in [0.1, 0.15) is 4.88 Å². The summed E-state index contributed by atoms with van der Waals surface area (Å²) in [6.45, 7) is 0.524. The lowest BCUT2D eigenvalue weighted by Gasteiger charge is -2.10. The third kappa shape index (κ3) is 3.14. The molecule has 2 aromatic rings. The summed E-state index contributed by atoms with van der Waals surface area (Å²) < 4.78 is 12.0. The van der Waals surface area contributed by atoms with Crippen LogP contribution >= 0.6 is 27.3 Å². The van der Waals surface area contributed by atoms with E-state index >= 15 is 0 Å². The molecule has 90 valence electrons. The quantitative estimate of drug-likeness (QED) is 0.876. The van der Waals surface area contributed by atoms with Crippen LogP contribution in [0, 0.1) is 0 Å². The van der Waals surface area contributed by atoms with Crippen molar-refractivity contribution in [2.75, 3.05) is 12.8 Å². The van der Waals surface area contributed by atoms with Gasteiger partial charge in [0.15, 0.2) is 11.5 Å². The number of anilines is 1. The molecule has 0 fully saturated rings. The van der Waals surface area contributed by atoms with Gasteiger partial charge in [-0.2, -0.15) is 0 Å². The SMILES string of the molecule is COc1cc(N)ccc1OCc1cc(Br)cs1. The van der Waals surface area contributed by atoms with E-state index in [9.17, 15) is 0 Å². The Hall–Kier alpha value is -1.20. The Balaban J connectivity index is 2.08. The number of ether oxygens (including phenoxy) is 2. The molecule has 0 saturated heterocycles. The summed E-state index contributed by atoms with van der Waals surface area (Å²) >= 11 is 5.06. The summed E-state index contributed by atoms with van der Waals surface area (Å²) in [7, 11) is 1.60. The molecule has 0 aliphatic rings. The van der Waals surface area contributed by atoms with Crippen LogP contribution in [0.4, 0.5) is 5.69 Å². The molecule has 0 spiro atoms. The molecule has 0 radical (unpaired) electrons. The minimum atomic E-state index is 0.524. The summed E-state index contributed by atoms with van der Waals surface area (Å²) in [5, 5.41) is 2.03. The first kappa shape index (κ1) is 12.3. The molecule has 0 unspecified atom stereocenters. The van der Waals surface area contributed by atoms with E-state index in [1.807, 2.05) is 17.5 Å². The molecule has 0 aliphatic heterocycles. The largest absolute Gasteiger partial charge is 0.493 e. The summed E-state index contributed by atoms with van der Waals surface area (Å²) in [5.41, 5.74) is 6.33. The predicted octanol–water partition coefficient (Wildman–Crippen LogP) is 3.68. The second kappa shape index (κ2) is 5.42. The highest BCUT2D eigenvalue weighted by atomic mass is 79.9. The van der Waals surface area contributed by atoms with Gasteiger partial charge in [0, 0.05) is 26.5 Å². The Morgan fingerprint density at radius 3 is 2.76 bits per heavy atom. The molecule has 1 aromatic carbocycles. The van der Waals surface area contributed by atoms with Gasteiger partial charge in [0.25, 0.3) is 0 Å². The molecule has 0 bridgehead atoms. The Labute approximate surface area is 112 Å². The van der Waals surface area contributed by atoms with Gasteiger partial charge >= 0.3 is 0 Å². The van der Waals surface area contributed by atoms with Crippen molar-refractivity contribution >= 4 is 33.0 Å². The van der Waals surface area contributed by atoms with E-state index in [4.69, 9.17) is 15.2 Å². The van der Waals surface area contributed by atoms with E-state index < -0.39 is 0 Å². The highest BCUT2D eigenvalue weighted by Crippen LogP contribution is 2.30. The van der Waals surface area contributed by atoms with Crippen LogP contribution < -0.4 is 15.2 Å². The maximum atomic E-state index is 5.69. The van der Waals surface area contributed by atoms with Gasteiger partial charge in [-0.3, -0.25) is 0 Å². The maximum Gasteiger partial charge on any atom is 0.162 e. The van der Waals surface area contributed by atoms with E-state index in [0.29, 0.717) is 23.8 Å². The Morgan fingerprint density at radius 2 is 2.12 bits per heavy atom. The molecule has 0 saturated carbocycles. The number of rotatable bonds is 4. The van der Waals surface area contributed by atoms with Crippen molar-refractivity contribution in [3.05, 3.63) is 39.0 Å². The minimum absolute atomic E-state index is 0.524. The fourth-order valence-electron chi connectivity index (χ4n) is 1.38. The molecular formula is C12H12BrNO2S. The summed E-state index contributed by atoms with van der Waals surface area (Å²) in [6.07, 6.45) is 0. The van der Waals surface area contributed by atoms with Crippen LogP contribution in [0.15, 0.2) is 34.1 Å². The lowest BCUT2D eigenvalue weighted by molar-refractivity contribution is 0.287. The van der Waals surface area contributed by atoms with Crippen LogP contribution in [0.2, 0.25) is 0 Å². The topological polar surface area (TPSA) is 44.5 Å². The summed E-state index contributed by atoms with van der Waals surface area (Å²) in [4.78, 5) is 1.15. The maximum absolute atomic E-state index is 5.69. The van der Waals surface area contributed by atoms with E-state index in [0.717, 1.165) is 9.35 Å². The number of benzene rings is 1. The molecule has 2 rings (SSSR count). The third-order valence-electron chi connectivity index (χ3n) is 2.18. The zero-order chi connectivity index (χ0) is 12.3. The number of nitrogen functional groups attached to an aromatic ring is 1. The molecule has 0 amide bonds. The van der Waals surface area contributed by atoms with Crippen LogP contribution in [0.5, 0.6) is 11.5 Å². The molecule has 0 atom stereocenters. The predicted molar refractivity (Wildman–Crippen MR) is 73.8 cm³/mol. The molecule has 17 heavy (non-hydrogen) atoms. The standard InChI is InChI=1S/C12H12BrNO2S/c1-15-12-5-9(14)2-3-11(12)16-6-10-4-8(13)7-17-10/h2-5,7H,6,14H2,1H3. The van der Waals surface area contributed by atoms with Gasteiger partial charge in [0.1, 0.15) is 6.61 Å². The van der Waals surface area contributed by atoms with Gasteiger partial charge in [-0.1, -0.05) is 0 Å². The first-order valence-electron chi connectivity index (χ1n) is 4.98. The van der Waals surface area contributed by atoms with Crippen LogP contribution in [0.3, 0.4) is 0 Å². The number of methoxy groups -OCH3 is 1. The first-order chi connectivity index (χ1) is 8.19. The molecule has 1 heterocycles. The van der Waals surface area contributed by atoms with Crippen molar-refractivity contribution in [3.63, 3.8) is 0 Å². The van der Waals surface area contributed by atoms with Crippen LogP contribution in [0.25, 0.3) is 0 Å². The van der Waals surface area contributed by atoms with Crippen molar-refractivity contribution in [3.8, 4) is 11.5 Å². The second-order valence-electron chi connectivity index (χ2n) is 3.43. The normalized spacial score (nSPS) is 10.2. The van der Waals surface area contributed by atoms with Crippen molar-refractivity contribution in [1.29, 1.82) is 0 Å². The van der Waals surface area contributed by atoms with Gasteiger partial charge in [0.2, 0.25) is 0 Å². The van der Waals surface area contributed by atoms with E-state index in [1.165, 1.54) is 0 Å². The molecule has 5 heteroatoms. The smallest absolute Gasteiger partial charge is 0.162 e.